The molecule has 1 amide bonds. The molecule has 7 nitrogen and oxygen atoms in total. The fourth-order valence-electron chi connectivity index (χ4n) is 3.13. The van der Waals surface area contributed by atoms with Crippen LogP contribution >= 0.6 is 0 Å². The Hall–Kier alpha value is -2.74. The van der Waals surface area contributed by atoms with Crippen LogP contribution in [0.5, 0.6) is 11.5 Å². The molecule has 0 radical (unpaired) electrons. The van der Waals surface area contributed by atoms with Crippen LogP contribution in [0.2, 0.25) is 0 Å². The maximum absolute atomic E-state index is 12.8. The van der Waals surface area contributed by atoms with Crippen LogP contribution in [0.3, 0.4) is 0 Å². The number of para-hydroxylation sites is 2. The van der Waals surface area contributed by atoms with Crippen LogP contribution in [0.15, 0.2) is 42.5 Å². The summed E-state index contributed by atoms with van der Waals surface area (Å²) in [6.45, 7) is 6.03. The van der Waals surface area contributed by atoms with Gasteiger partial charge < -0.3 is 14.8 Å². The average Bonchev–Trinajstić information content (AvgIpc) is 2.65. The van der Waals surface area contributed by atoms with E-state index in [0.29, 0.717) is 22.9 Å². The van der Waals surface area contributed by atoms with E-state index in [1.165, 1.54) is 11.4 Å². The second-order valence-corrected chi connectivity index (χ2v) is 9.93. The minimum absolute atomic E-state index is 0.111. The summed E-state index contributed by atoms with van der Waals surface area (Å²) in [5.41, 5.74) is 1.76. The van der Waals surface area contributed by atoms with Crippen molar-refractivity contribution in [1.29, 1.82) is 0 Å². The van der Waals surface area contributed by atoms with Crippen LogP contribution in [-0.2, 0) is 20.2 Å². The van der Waals surface area contributed by atoms with Crippen LogP contribution in [-0.4, -0.2) is 40.3 Å². The molecule has 0 spiro atoms. The number of methoxy groups -OCH3 is 1. The normalized spacial score (nSPS) is 16.6. The van der Waals surface area contributed by atoms with Gasteiger partial charge in [-0.25, -0.2) is 8.42 Å². The SMILES string of the molecule is COc1ccccc1NC(=O)[C@H]1CN(S(C)(=O)=O)c2cc(C(C)(C)C)ccc2O1. The van der Waals surface area contributed by atoms with Gasteiger partial charge in [0.15, 0.2) is 6.10 Å². The van der Waals surface area contributed by atoms with Gasteiger partial charge in [0.25, 0.3) is 5.91 Å². The quantitative estimate of drug-likeness (QED) is 0.824. The molecule has 0 aliphatic carbocycles. The number of rotatable bonds is 4. The molecule has 1 aliphatic rings. The van der Waals surface area contributed by atoms with Gasteiger partial charge in [-0.2, -0.15) is 0 Å². The Kier molecular flexibility index (Phi) is 5.49. The van der Waals surface area contributed by atoms with E-state index >= 15 is 0 Å². The molecule has 2 aromatic carbocycles. The second-order valence-electron chi connectivity index (χ2n) is 8.02. The molecule has 3 rings (SSSR count). The van der Waals surface area contributed by atoms with Crippen molar-refractivity contribution < 1.29 is 22.7 Å². The van der Waals surface area contributed by atoms with E-state index in [-0.39, 0.29) is 12.0 Å². The largest absolute Gasteiger partial charge is 0.495 e. The number of nitrogens with zero attached hydrogens (tertiary/aromatic N) is 1. The van der Waals surface area contributed by atoms with E-state index in [1.807, 2.05) is 32.9 Å². The van der Waals surface area contributed by atoms with Crippen molar-refractivity contribution in [1.82, 2.24) is 0 Å². The summed E-state index contributed by atoms with van der Waals surface area (Å²) in [4.78, 5) is 12.8. The second kappa shape index (κ2) is 7.59. The summed E-state index contributed by atoms with van der Waals surface area (Å²) < 4.78 is 37.3. The van der Waals surface area contributed by atoms with E-state index in [0.717, 1.165) is 11.8 Å². The van der Waals surface area contributed by atoms with Crippen molar-refractivity contribution in [3.63, 3.8) is 0 Å². The van der Waals surface area contributed by atoms with Gasteiger partial charge in [0.1, 0.15) is 11.5 Å². The fourth-order valence-corrected chi connectivity index (χ4v) is 4.04. The molecule has 8 heteroatoms. The van der Waals surface area contributed by atoms with Crippen LogP contribution < -0.4 is 19.1 Å². The van der Waals surface area contributed by atoms with Crippen molar-refractivity contribution in [2.75, 3.05) is 29.5 Å². The summed E-state index contributed by atoms with van der Waals surface area (Å²) >= 11 is 0. The molecule has 1 atom stereocenters. The zero-order valence-electron chi connectivity index (χ0n) is 17.2. The van der Waals surface area contributed by atoms with Crippen LogP contribution in [0.1, 0.15) is 26.3 Å². The number of nitrogens with one attached hydrogen (secondary N) is 1. The number of benzene rings is 2. The summed E-state index contributed by atoms with van der Waals surface area (Å²) in [5.74, 6) is 0.412. The highest BCUT2D eigenvalue weighted by molar-refractivity contribution is 7.92. The number of anilines is 2. The van der Waals surface area contributed by atoms with E-state index in [2.05, 4.69) is 5.32 Å². The maximum atomic E-state index is 12.8. The number of fused-ring (bicyclic) bond motifs is 1. The highest BCUT2D eigenvalue weighted by atomic mass is 32.2. The zero-order chi connectivity index (χ0) is 21.4. The molecule has 1 aliphatic heterocycles. The molecule has 0 saturated heterocycles. The highest BCUT2D eigenvalue weighted by Gasteiger charge is 2.36. The third-order valence-electron chi connectivity index (χ3n) is 4.75. The van der Waals surface area contributed by atoms with Crippen LogP contribution in [0.25, 0.3) is 0 Å². The number of amides is 1. The highest BCUT2D eigenvalue weighted by Crippen LogP contribution is 2.38. The Morgan fingerprint density at radius 3 is 2.52 bits per heavy atom. The lowest BCUT2D eigenvalue weighted by Crippen LogP contribution is -2.48. The standard InChI is InChI=1S/C21H26N2O5S/c1-21(2,3)14-10-11-18-16(12-14)23(29(5,25)26)13-19(28-18)20(24)22-15-8-6-7-9-17(15)27-4/h6-12,19H,13H2,1-5H3,(H,22,24)/t19-/m1/s1. The summed E-state index contributed by atoms with van der Waals surface area (Å²) in [7, 11) is -2.09. The smallest absolute Gasteiger partial charge is 0.267 e. The van der Waals surface area contributed by atoms with E-state index in [4.69, 9.17) is 9.47 Å². The van der Waals surface area contributed by atoms with Crippen LogP contribution in [0, 0.1) is 0 Å². The Balaban J connectivity index is 1.93. The third-order valence-corrected chi connectivity index (χ3v) is 5.90. The number of hydrogen-bond acceptors (Lipinski definition) is 5. The van der Waals surface area contributed by atoms with Crippen molar-refractivity contribution in [2.45, 2.75) is 32.3 Å². The van der Waals surface area contributed by atoms with Gasteiger partial charge in [-0.1, -0.05) is 39.0 Å². The van der Waals surface area contributed by atoms with Gasteiger partial charge in [-0.15, -0.1) is 0 Å². The maximum Gasteiger partial charge on any atom is 0.267 e. The number of ether oxygens (including phenoxy) is 2. The van der Waals surface area contributed by atoms with Gasteiger partial charge in [-0.3, -0.25) is 9.10 Å². The first-order valence-electron chi connectivity index (χ1n) is 9.23. The topological polar surface area (TPSA) is 84.9 Å². The zero-order valence-corrected chi connectivity index (χ0v) is 18.0. The molecular formula is C21H26N2O5S. The first-order valence-corrected chi connectivity index (χ1v) is 11.1. The molecule has 0 bridgehead atoms. The lowest BCUT2D eigenvalue weighted by molar-refractivity contribution is -0.122. The molecule has 1 N–H and O–H groups in total. The number of sulfonamides is 1. The first kappa shape index (κ1) is 21.0. The van der Waals surface area contributed by atoms with E-state index in [9.17, 15) is 13.2 Å². The monoisotopic (exact) mass is 418 g/mol. The van der Waals surface area contributed by atoms with E-state index in [1.54, 1.807) is 30.3 Å². The van der Waals surface area contributed by atoms with Gasteiger partial charge in [0, 0.05) is 0 Å². The Morgan fingerprint density at radius 1 is 1.21 bits per heavy atom. The van der Waals surface area contributed by atoms with Crippen molar-refractivity contribution in [2.24, 2.45) is 0 Å². The van der Waals surface area contributed by atoms with Gasteiger partial charge >= 0.3 is 0 Å². The predicted molar refractivity (Wildman–Crippen MR) is 113 cm³/mol. The van der Waals surface area contributed by atoms with Gasteiger partial charge in [-0.05, 0) is 35.2 Å². The average molecular weight is 419 g/mol. The minimum atomic E-state index is -3.61. The first-order chi connectivity index (χ1) is 13.5. The molecule has 0 saturated carbocycles. The lowest BCUT2D eigenvalue weighted by Gasteiger charge is -2.35. The Labute approximate surface area is 171 Å². The van der Waals surface area contributed by atoms with Gasteiger partial charge in [0.2, 0.25) is 10.0 Å². The fraction of sp³-hybridized carbons (Fsp3) is 0.381. The number of carbonyl (C=O) groups excluding carboxylic acids is 1. The van der Waals surface area contributed by atoms with Crippen molar-refractivity contribution >= 4 is 27.3 Å². The van der Waals surface area contributed by atoms with Crippen molar-refractivity contribution in [3.05, 3.63) is 48.0 Å². The molecule has 0 aromatic heterocycles. The summed E-state index contributed by atoms with van der Waals surface area (Å²) in [5, 5.41) is 2.76. The molecule has 156 valence electrons. The van der Waals surface area contributed by atoms with Crippen molar-refractivity contribution in [3.8, 4) is 11.5 Å². The molecule has 0 fully saturated rings. The van der Waals surface area contributed by atoms with Crippen LogP contribution in [0.4, 0.5) is 11.4 Å². The molecular weight excluding hydrogens is 392 g/mol. The van der Waals surface area contributed by atoms with E-state index < -0.39 is 22.0 Å². The lowest BCUT2D eigenvalue weighted by atomic mass is 9.86. The Bertz CT molecular complexity index is 1030. The molecule has 2 aromatic rings. The molecule has 0 unspecified atom stereocenters. The molecule has 1 heterocycles. The minimum Gasteiger partial charge on any atom is -0.495 e. The Morgan fingerprint density at radius 2 is 1.90 bits per heavy atom. The number of hydrogen-bond donors (Lipinski definition) is 1. The predicted octanol–water partition coefficient (Wildman–Crippen LogP) is 3.16. The summed E-state index contributed by atoms with van der Waals surface area (Å²) in [6, 6.07) is 12.4. The third kappa shape index (κ3) is 4.48. The summed E-state index contributed by atoms with van der Waals surface area (Å²) in [6.07, 6.45) is 0.128. The van der Waals surface area contributed by atoms with Gasteiger partial charge in [0.05, 0.1) is 31.3 Å². The molecule has 29 heavy (non-hydrogen) atoms. The number of carbonyl (C=O) groups is 1.